The van der Waals surface area contributed by atoms with Gasteiger partial charge in [-0.3, -0.25) is 4.79 Å². The summed E-state index contributed by atoms with van der Waals surface area (Å²) in [6.45, 7) is 7.06. The fraction of sp³-hybridized carbons (Fsp3) is 0.346. The van der Waals surface area contributed by atoms with E-state index in [-0.39, 0.29) is 23.7 Å². The zero-order valence-electron chi connectivity index (χ0n) is 20.1. The Morgan fingerprint density at radius 1 is 1.09 bits per heavy atom. The number of aromatic nitrogens is 2. The Morgan fingerprint density at radius 3 is 2.44 bits per heavy atom. The summed E-state index contributed by atoms with van der Waals surface area (Å²) in [5.74, 6) is 1.27. The molecule has 34 heavy (non-hydrogen) atoms. The van der Waals surface area contributed by atoms with E-state index in [1.54, 1.807) is 16.6 Å². The minimum atomic E-state index is -0.352. The maximum absolute atomic E-state index is 13.7. The molecule has 0 spiro atoms. The van der Waals surface area contributed by atoms with Gasteiger partial charge in [0.2, 0.25) is 5.95 Å². The predicted molar refractivity (Wildman–Crippen MR) is 133 cm³/mol. The van der Waals surface area contributed by atoms with Crippen LogP contribution in [0.15, 0.2) is 59.4 Å². The molecule has 4 rings (SSSR count). The van der Waals surface area contributed by atoms with Gasteiger partial charge in [0.05, 0.1) is 30.6 Å². The van der Waals surface area contributed by atoms with Crippen molar-refractivity contribution in [3.63, 3.8) is 0 Å². The Bertz CT molecular complexity index is 1210. The third kappa shape index (κ3) is 5.22. The molecule has 1 aromatic heterocycles. The molecule has 2 N–H and O–H groups in total. The summed E-state index contributed by atoms with van der Waals surface area (Å²) in [5, 5.41) is 6.32. The average molecular weight is 462 g/mol. The van der Waals surface area contributed by atoms with Crippen LogP contribution in [0.25, 0.3) is 5.69 Å². The van der Waals surface area contributed by atoms with Crippen LogP contribution in [0.4, 0.5) is 10.7 Å². The fourth-order valence-electron chi connectivity index (χ4n) is 3.91. The molecule has 2 amide bonds. The van der Waals surface area contributed by atoms with Crippen molar-refractivity contribution >= 4 is 12.0 Å². The molecule has 1 aliphatic heterocycles. The lowest BCUT2D eigenvalue weighted by molar-refractivity contribution is 0.182. The molecule has 0 bridgehead atoms. The van der Waals surface area contributed by atoms with Crippen molar-refractivity contribution in [1.82, 2.24) is 19.8 Å². The highest BCUT2D eigenvalue weighted by atomic mass is 16.5. The molecular formula is C26H31N5O3. The third-order valence-corrected chi connectivity index (χ3v) is 5.62. The lowest BCUT2D eigenvalue weighted by atomic mass is 10.1. The third-order valence-electron chi connectivity index (χ3n) is 5.62. The van der Waals surface area contributed by atoms with Crippen LogP contribution < -0.4 is 20.9 Å². The molecule has 2 aromatic carbocycles. The van der Waals surface area contributed by atoms with Crippen molar-refractivity contribution in [2.24, 2.45) is 0 Å². The van der Waals surface area contributed by atoms with Gasteiger partial charge in [-0.05, 0) is 50.6 Å². The summed E-state index contributed by atoms with van der Waals surface area (Å²) in [6, 6.07) is 17.0. The van der Waals surface area contributed by atoms with E-state index >= 15 is 0 Å². The number of anilines is 1. The number of carbonyl (C=O) groups is 1. The number of amides is 2. The van der Waals surface area contributed by atoms with E-state index in [0.717, 1.165) is 22.7 Å². The molecule has 8 heteroatoms. The molecule has 0 fully saturated rings. The van der Waals surface area contributed by atoms with Gasteiger partial charge in [-0.2, -0.15) is 0 Å². The lowest BCUT2D eigenvalue weighted by Crippen LogP contribution is -2.51. The Labute approximate surface area is 199 Å². The summed E-state index contributed by atoms with van der Waals surface area (Å²) < 4.78 is 6.82. The second-order valence-electron chi connectivity index (χ2n) is 9.39. The van der Waals surface area contributed by atoms with Crippen LogP contribution >= 0.6 is 0 Å². The first kappa shape index (κ1) is 23.4. The van der Waals surface area contributed by atoms with Crippen molar-refractivity contribution in [2.45, 2.75) is 45.8 Å². The summed E-state index contributed by atoms with van der Waals surface area (Å²) in [6.07, 6.45) is 0.523. The Morgan fingerprint density at radius 2 is 1.79 bits per heavy atom. The number of hydrogen-bond donors (Lipinski definition) is 2. The zero-order chi connectivity index (χ0) is 24.3. The highest BCUT2D eigenvalue weighted by molar-refractivity contribution is 5.75. The monoisotopic (exact) mass is 461 g/mol. The van der Waals surface area contributed by atoms with Gasteiger partial charge in [0.1, 0.15) is 5.75 Å². The first-order valence-electron chi connectivity index (χ1n) is 11.4. The maximum atomic E-state index is 13.7. The van der Waals surface area contributed by atoms with Crippen LogP contribution in [0.2, 0.25) is 0 Å². The van der Waals surface area contributed by atoms with E-state index in [1.165, 1.54) is 0 Å². The number of ether oxygens (including phenoxy) is 1. The van der Waals surface area contributed by atoms with Gasteiger partial charge in [-0.1, -0.05) is 30.3 Å². The van der Waals surface area contributed by atoms with Crippen molar-refractivity contribution in [1.29, 1.82) is 0 Å². The molecule has 178 valence electrons. The second kappa shape index (κ2) is 9.59. The molecule has 0 saturated carbocycles. The van der Waals surface area contributed by atoms with Crippen LogP contribution in [-0.2, 0) is 19.5 Å². The van der Waals surface area contributed by atoms with E-state index in [4.69, 9.17) is 9.72 Å². The molecule has 0 atom stereocenters. The lowest BCUT2D eigenvalue weighted by Gasteiger charge is -2.32. The van der Waals surface area contributed by atoms with Crippen molar-refractivity contribution in [2.75, 3.05) is 19.0 Å². The average Bonchev–Trinajstić information content (AvgIpc) is 2.82. The molecule has 3 aromatic rings. The molecule has 0 aliphatic carbocycles. The number of hydrogen-bond acceptors (Lipinski definition) is 5. The molecule has 0 unspecified atom stereocenters. The van der Waals surface area contributed by atoms with Crippen LogP contribution in [0, 0.1) is 0 Å². The summed E-state index contributed by atoms with van der Waals surface area (Å²) >= 11 is 0. The van der Waals surface area contributed by atoms with Gasteiger partial charge in [0.15, 0.2) is 0 Å². The number of nitrogens with zero attached hydrogens (tertiary/aromatic N) is 3. The van der Waals surface area contributed by atoms with Gasteiger partial charge in [0.25, 0.3) is 5.56 Å². The van der Waals surface area contributed by atoms with Gasteiger partial charge >= 0.3 is 6.03 Å². The number of urea groups is 1. The summed E-state index contributed by atoms with van der Waals surface area (Å²) in [4.78, 5) is 32.9. The van der Waals surface area contributed by atoms with E-state index < -0.39 is 0 Å². The Hall–Kier alpha value is -3.81. The van der Waals surface area contributed by atoms with E-state index in [1.807, 2.05) is 75.4 Å². The first-order valence-corrected chi connectivity index (χ1v) is 11.4. The number of methoxy groups -OCH3 is 1. The first-order chi connectivity index (χ1) is 16.2. The molecular weight excluding hydrogens is 430 g/mol. The predicted octanol–water partition coefficient (Wildman–Crippen LogP) is 3.72. The minimum absolute atomic E-state index is 0.165. The smallest absolute Gasteiger partial charge is 0.318 e. The van der Waals surface area contributed by atoms with Crippen LogP contribution in [0.1, 0.15) is 37.6 Å². The van der Waals surface area contributed by atoms with Gasteiger partial charge in [-0.15, -0.1) is 0 Å². The Kier molecular flexibility index (Phi) is 6.58. The number of nitrogens with one attached hydrogen (secondary N) is 2. The molecule has 0 saturated heterocycles. The minimum Gasteiger partial charge on any atom is -0.497 e. The van der Waals surface area contributed by atoms with E-state index in [9.17, 15) is 9.59 Å². The SMILES string of the molecule is COc1ccc(CNc2nc3c(c(=O)n2-c2ccccc2)CN(C(=O)NC(C)(C)C)CC3)cc1. The zero-order valence-corrected chi connectivity index (χ0v) is 20.1. The van der Waals surface area contributed by atoms with Crippen LogP contribution in [0.3, 0.4) is 0 Å². The van der Waals surface area contributed by atoms with Crippen molar-refractivity contribution < 1.29 is 9.53 Å². The number of rotatable bonds is 5. The molecule has 2 heterocycles. The quantitative estimate of drug-likeness (QED) is 0.605. The number of para-hydroxylation sites is 1. The van der Waals surface area contributed by atoms with Crippen LogP contribution in [-0.4, -0.2) is 39.7 Å². The van der Waals surface area contributed by atoms with Crippen molar-refractivity contribution in [3.05, 3.63) is 81.8 Å². The molecule has 1 aliphatic rings. The van der Waals surface area contributed by atoms with E-state index in [2.05, 4.69) is 10.6 Å². The summed E-state index contributed by atoms with van der Waals surface area (Å²) in [7, 11) is 1.64. The molecule has 0 radical (unpaired) electrons. The van der Waals surface area contributed by atoms with Gasteiger partial charge < -0.3 is 20.3 Å². The highest BCUT2D eigenvalue weighted by Gasteiger charge is 2.28. The Balaban J connectivity index is 1.67. The second-order valence-corrected chi connectivity index (χ2v) is 9.39. The van der Waals surface area contributed by atoms with Gasteiger partial charge in [-0.25, -0.2) is 14.3 Å². The fourth-order valence-corrected chi connectivity index (χ4v) is 3.91. The van der Waals surface area contributed by atoms with Crippen LogP contribution in [0.5, 0.6) is 5.75 Å². The highest BCUT2D eigenvalue weighted by Crippen LogP contribution is 2.21. The normalized spacial score (nSPS) is 13.2. The van der Waals surface area contributed by atoms with Crippen molar-refractivity contribution in [3.8, 4) is 11.4 Å². The number of benzene rings is 2. The number of fused-ring (bicyclic) bond motifs is 1. The topological polar surface area (TPSA) is 88.5 Å². The largest absolute Gasteiger partial charge is 0.497 e. The number of carbonyl (C=O) groups excluding carboxylic acids is 1. The van der Waals surface area contributed by atoms with Gasteiger partial charge in [0, 0.05) is 25.0 Å². The maximum Gasteiger partial charge on any atom is 0.318 e. The van der Waals surface area contributed by atoms with E-state index in [0.29, 0.717) is 31.0 Å². The summed E-state index contributed by atoms with van der Waals surface area (Å²) in [5.41, 5.74) is 2.52. The molecule has 8 nitrogen and oxygen atoms in total. The standard InChI is InChI=1S/C26H31N5O3/c1-26(2,3)29-25(33)30-15-14-22-21(17-30)23(32)31(19-8-6-5-7-9-19)24(28-22)27-16-18-10-12-20(34-4)13-11-18/h5-13H,14-17H2,1-4H3,(H,27,28)(H,29,33).